The van der Waals surface area contributed by atoms with Crippen molar-refractivity contribution in [1.29, 1.82) is 0 Å². The van der Waals surface area contributed by atoms with Crippen molar-refractivity contribution in [3.8, 4) is 0 Å². The second kappa shape index (κ2) is 7.39. The number of hydrogen-bond donors (Lipinski definition) is 1. The van der Waals surface area contributed by atoms with Gasteiger partial charge in [-0.3, -0.25) is 9.59 Å². The molecule has 1 aromatic rings. The summed E-state index contributed by atoms with van der Waals surface area (Å²) in [6.07, 6.45) is 6.28. The Morgan fingerprint density at radius 2 is 1.96 bits per heavy atom. The summed E-state index contributed by atoms with van der Waals surface area (Å²) in [6.45, 7) is 2.09. The molecule has 2 fully saturated rings. The summed E-state index contributed by atoms with van der Waals surface area (Å²) in [4.78, 5) is 27.9. The standard InChI is InChI=1S/C18H24N2O2S/c1-23-16-8-6-14(7-9-16)18(22)20-10-2-3-15(12-20)17(21)19-11-13-4-5-13/h6-9,13,15H,2-5,10-12H2,1H3,(H,19,21). The van der Waals surface area contributed by atoms with Crippen LogP contribution in [0.25, 0.3) is 0 Å². The maximum Gasteiger partial charge on any atom is 0.253 e. The van der Waals surface area contributed by atoms with Gasteiger partial charge in [-0.25, -0.2) is 0 Å². The van der Waals surface area contributed by atoms with Gasteiger partial charge in [-0.05, 0) is 62.1 Å². The van der Waals surface area contributed by atoms with E-state index < -0.39 is 0 Å². The van der Waals surface area contributed by atoms with Gasteiger partial charge < -0.3 is 10.2 Å². The van der Waals surface area contributed by atoms with Crippen LogP contribution in [0, 0.1) is 11.8 Å². The largest absolute Gasteiger partial charge is 0.356 e. The number of carbonyl (C=O) groups is 2. The average molecular weight is 332 g/mol. The Morgan fingerprint density at radius 3 is 2.61 bits per heavy atom. The summed E-state index contributed by atoms with van der Waals surface area (Å²) >= 11 is 1.66. The summed E-state index contributed by atoms with van der Waals surface area (Å²) < 4.78 is 0. The minimum atomic E-state index is -0.0584. The van der Waals surface area contributed by atoms with Crippen LogP contribution < -0.4 is 5.32 Å². The number of benzene rings is 1. The van der Waals surface area contributed by atoms with Crippen LogP contribution in [0.4, 0.5) is 0 Å². The van der Waals surface area contributed by atoms with Crippen LogP contribution in [0.2, 0.25) is 0 Å². The van der Waals surface area contributed by atoms with E-state index in [0.717, 1.165) is 30.8 Å². The number of hydrogen-bond acceptors (Lipinski definition) is 3. The first-order valence-corrected chi connectivity index (χ1v) is 9.61. The van der Waals surface area contributed by atoms with Crippen molar-refractivity contribution in [2.75, 3.05) is 25.9 Å². The smallest absolute Gasteiger partial charge is 0.253 e. The number of rotatable bonds is 5. The number of nitrogens with one attached hydrogen (secondary N) is 1. The fraction of sp³-hybridized carbons (Fsp3) is 0.556. The van der Waals surface area contributed by atoms with Gasteiger partial charge >= 0.3 is 0 Å². The monoisotopic (exact) mass is 332 g/mol. The molecule has 1 heterocycles. The second-order valence-electron chi connectivity index (χ2n) is 6.51. The van der Waals surface area contributed by atoms with E-state index in [-0.39, 0.29) is 17.7 Å². The Morgan fingerprint density at radius 1 is 1.22 bits per heavy atom. The van der Waals surface area contributed by atoms with Crippen molar-refractivity contribution < 1.29 is 9.59 Å². The summed E-state index contributed by atoms with van der Waals surface area (Å²) in [5.74, 6) is 0.789. The van der Waals surface area contributed by atoms with Crippen LogP contribution in [-0.4, -0.2) is 42.6 Å². The van der Waals surface area contributed by atoms with Gasteiger partial charge in [0, 0.05) is 30.1 Å². The average Bonchev–Trinajstić information content (AvgIpc) is 3.43. The Bertz CT molecular complexity index is 569. The molecule has 0 radical (unpaired) electrons. The Balaban J connectivity index is 1.57. The van der Waals surface area contributed by atoms with Gasteiger partial charge in [0.1, 0.15) is 0 Å². The Hall–Kier alpha value is -1.49. The highest BCUT2D eigenvalue weighted by molar-refractivity contribution is 7.98. The van der Waals surface area contributed by atoms with E-state index in [1.807, 2.05) is 35.4 Å². The molecule has 4 nitrogen and oxygen atoms in total. The van der Waals surface area contributed by atoms with E-state index in [1.54, 1.807) is 11.8 Å². The molecule has 1 saturated carbocycles. The summed E-state index contributed by atoms with van der Waals surface area (Å²) in [7, 11) is 0. The third-order valence-electron chi connectivity index (χ3n) is 4.68. The first-order valence-electron chi connectivity index (χ1n) is 8.38. The van der Waals surface area contributed by atoms with Gasteiger partial charge in [-0.15, -0.1) is 11.8 Å². The zero-order chi connectivity index (χ0) is 16.2. The molecule has 1 aliphatic carbocycles. The normalized spacial score (nSPS) is 21.1. The highest BCUT2D eigenvalue weighted by Crippen LogP contribution is 2.28. The predicted molar refractivity (Wildman–Crippen MR) is 92.6 cm³/mol. The van der Waals surface area contributed by atoms with Gasteiger partial charge in [0.15, 0.2) is 0 Å². The molecule has 5 heteroatoms. The van der Waals surface area contributed by atoms with Crippen molar-refractivity contribution in [1.82, 2.24) is 10.2 Å². The van der Waals surface area contributed by atoms with Crippen LogP contribution in [0.15, 0.2) is 29.2 Å². The van der Waals surface area contributed by atoms with Gasteiger partial charge in [0.2, 0.25) is 5.91 Å². The third-order valence-corrected chi connectivity index (χ3v) is 5.42. The van der Waals surface area contributed by atoms with E-state index in [1.165, 1.54) is 12.8 Å². The lowest BCUT2D eigenvalue weighted by atomic mass is 9.96. The Kier molecular flexibility index (Phi) is 5.26. The summed E-state index contributed by atoms with van der Waals surface area (Å²) in [5.41, 5.74) is 0.710. The topological polar surface area (TPSA) is 49.4 Å². The van der Waals surface area contributed by atoms with Crippen LogP contribution in [0.1, 0.15) is 36.0 Å². The van der Waals surface area contributed by atoms with Gasteiger partial charge in [0.25, 0.3) is 5.91 Å². The van der Waals surface area contributed by atoms with Crippen LogP contribution in [0.5, 0.6) is 0 Å². The van der Waals surface area contributed by atoms with Crippen molar-refractivity contribution in [2.24, 2.45) is 11.8 Å². The van der Waals surface area contributed by atoms with E-state index in [4.69, 9.17) is 0 Å². The molecule has 1 aromatic carbocycles. The zero-order valence-electron chi connectivity index (χ0n) is 13.6. The van der Waals surface area contributed by atoms with E-state index in [0.29, 0.717) is 18.0 Å². The highest BCUT2D eigenvalue weighted by atomic mass is 32.2. The van der Waals surface area contributed by atoms with Gasteiger partial charge in [0.05, 0.1) is 5.92 Å². The molecule has 1 atom stereocenters. The first kappa shape index (κ1) is 16.4. The minimum Gasteiger partial charge on any atom is -0.356 e. The van der Waals surface area contributed by atoms with Crippen LogP contribution >= 0.6 is 11.8 Å². The number of likely N-dealkylation sites (tertiary alicyclic amines) is 1. The Labute approximate surface area is 142 Å². The zero-order valence-corrected chi connectivity index (χ0v) is 14.4. The van der Waals surface area contributed by atoms with E-state index in [9.17, 15) is 9.59 Å². The van der Waals surface area contributed by atoms with Crippen LogP contribution in [-0.2, 0) is 4.79 Å². The lowest BCUT2D eigenvalue weighted by Crippen LogP contribution is -2.45. The fourth-order valence-corrected chi connectivity index (χ4v) is 3.41. The quantitative estimate of drug-likeness (QED) is 0.844. The van der Waals surface area contributed by atoms with Crippen molar-refractivity contribution in [2.45, 2.75) is 30.6 Å². The number of nitrogens with zero attached hydrogens (tertiary/aromatic N) is 1. The number of piperidine rings is 1. The molecule has 124 valence electrons. The second-order valence-corrected chi connectivity index (χ2v) is 7.39. The number of amides is 2. The number of thioether (sulfide) groups is 1. The van der Waals surface area contributed by atoms with E-state index >= 15 is 0 Å². The highest BCUT2D eigenvalue weighted by Gasteiger charge is 2.30. The molecule has 23 heavy (non-hydrogen) atoms. The molecular formula is C18H24N2O2S. The summed E-state index contributed by atoms with van der Waals surface area (Å²) in [5, 5.41) is 3.05. The minimum absolute atomic E-state index is 0.0392. The maximum atomic E-state index is 12.6. The molecule has 2 aliphatic rings. The molecule has 3 rings (SSSR count). The molecule has 1 saturated heterocycles. The van der Waals surface area contributed by atoms with Crippen LogP contribution in [0.3, 0.4) is 0 Å². The van der Waals surface area contributed by atoms with Crippen molar-refractivity contribution in [3.05, 3.63) is 29.8 Å². The molecule has 1 unspecified atom stereocenters. The first-order chi connectivity index (χ1) is 11.2. The third kappa shape index (κ3) is 4.28. The van der Waals surface area contributed by atoms with E-state index in [2.05, 4.69) is 5.32 Å². The fourth-order valence-electron chi connectivity index (χ4n) is 3.00. The lowest BCUT2D eigenvalue weighted by Gasteiger charge is -2.32. The SMILES string of the molecule is CSc1ccc(C(=O)N2CCCC(C(=O)NCC3CC3)C2)cc1. The predicted octanol–water partition coefficient (Wildman–Crippen LogP) is 2.79. The maximum absolute atomic E-state index is 12.6. The number of carbonyl (C=O) groups excluding carboxylic acids is 2. The van der Waals surface area contributed by atoms with Crippen molar-refractivity contribution in [3.63, 3.8) is 0 Å². The molecule has 0 bridgehead atoms. The molecule has 0 spiro atoms. The molecule has 0 aromatic heterocycles. The summed E-state index contributed by atoms with van der Waals surface area (Å²) in [6, 6.07) is 7.71. The van der Waals surface area contributed by atoms with Gasteiger partial charge in [-0.1, -0.05) is 0 Å². The van der Waals surface area contributed by atoms with Crippen molar-refractivity contribution >= 4 is 23.6 Å². The molecule has 1 N–H and O–H groups in total. The lowest BCUT2D eigenvalue weighted by molar-refractivity contribution is -0.126. The molecule has 2 amide bonds. The van der Waals surface area contributed by atoms with Gasteiger partial charge in [-0.2, -0.15) is 0 Å². The molecular weight excluding hydrogens is 308 g/mol. The molecule has 1 aliphatic heterocycles.